The van der Waals surface area contributed by atoms with E-state index in [-0.39, 0.29) is 16.7 Å². The molecule has 1 saturated heterocycles. The molecule has 0 radical (unpaired) electrons. The summed E-state index contributed by atoms with van der Waals surface area (Å²) in [6.45, 7) is 4.39. The minimum Gasteiger partial charge on any atom is -0.354 e. The number of sulfonamides is 1. The lowest BCUT2D eigenvalue weighted by Gasteiger charge is -2.23. The second-order valence-electron chi connectivity index (χ2n) is 7.10. The first-order chi connectivity index (χ1) is 14.3. The lowest BCUT2D eigenvalue weighted by Crippen LogP contribution is -2.46. The van der Waals surface area contributed by atoms with E-state index in [9.17, 15) is 18.0 Å². The zero-order valence-corrected chi connectivity index (χ0v) is 18.7. The molecule has 0 saturated carbocycles. The molecular formula is C20H26N4O4S2. The molecule has 1 aromatic heterocycles. The van der Waals surface area contributed by atoms with Crippen molar-refractivity contribution < 1.29 is 18.0 Å². The third-order valence-corrected chi connectivity index (χ3v) is 7.66. The normalized spacial score (nSPS) is 17.1. The van der Waals surface area contributed by atoms with Gasteiger partial charge in [-0.3, -0.25) is 9.59 Å². The second kappa shape index (κ2) is 9.67. The molecule has 8 nitrogen and oxygen atoms in total. The monoisotopic (exact) mass is 450 g/mol. The molecular weight excluding hydrogens is 424 g/mol. The predicted molar refractivity (Wildman–Crippen MR) is 116 cm³/mol. The fourth-order valence-electron chi connectivity index (χ4n) is 3.34. The fourth-order valence-corrected chi connectivity index (χ4v) is 5.64. The van der Waals surface area contributed by atoms with Crippen molar-refractivity contribution in [3.05, 3.63) is 40.3 Å². The largest absolute Gasteiger partial charge is 0.354 e. The molecule has 162 valence electrons. The van der Waals surface area contributed by atoms with E-state index < -0.39 is 16.1 Å². The van der Waals surface area contributed by atoms with Gasteiger partial charge < -0.3 is 10.6 Å². The number of carbonyl (C=O) groups is 2. The molecule has 0 unspecified atom stereocenters. The summed E-state index contributed by atoms with van der Waals surface area (Å²) in [4.78, 5) is 28.6. The van der Waals surface area contributed by atoms with Gasteiger partial charge in [-0.05, 0) is 44.0 Å². The Kier molecular flexibility index (Phi) is 7.22. The van der Waals surface area contributed by atoms with Crippen molar-refractivity contribution in [2.45, 2.75) is 50.5 Å². The molecule has 1 aliphatic rings. The van der Waals surface area contributed by atoms with Crippen LogP contribution in [0.1, 0.15) is 36.9 Å². The van der Waals surface area contributed by atoms with E-state index in [1.807, 2.05) is 12.3 Å². The van der Waals surface area contributed by atoms with Crippen LogP contribution in [0.3, 0.4) is 0 Å². The van der Waals surface area contributed by atoms with Gasteiger partial charge in [-0.1, -0.05) is 6.92 Å². The van der Waals surface area contributed by atoms with Crippen LogP contribution in [0.25, 0.3) is 0 Å². The van der Waals surface area contributed by atoms with Crippen molar-refractivity contribution in [3.63, 3.8) is 0 Å². The van der Waals surface area contributed by atoms with Crippen LogP contribution < -0.4 is 10.6 Å². The van der Waals surface area contributed by atoms with E-state index >= 15 is 0 Å². The van der Waals surface area contributed by atoms with Crippen LogP contribution in [-0.2, 0) is 26.0 Å². The minimum absolute atomic E-state index is 0.106. The van der Waals surface area contributed by atoms with E-state index in [0.29, 0.717) is 44.5 Å². The van der Waals surface area contributed by atoms with E-state index in [2.05, 4.69) is 15.6 Å². The maximum atomic E-state index is 13.1. The zero-order chi connectivity index (χ0) is 21.7. The highest BCUT2D eigenvalue weighted by Crippen LogP contribution is 2.27. The molecule has 0 aliphatic carbocycles. The quantitative estimate of drug-likeness (QED) is 0.642. The molecule has 0 spiro atoms. The van der Waals surface area contributed by atoms with Crippen molar-refractivity contribution >= 4 is 38.9 Å². The van der Waals surface area contributed by atoms with Crippen LogP contribution in [0.5, 0.6) is 0 Å². The first kappa shape index (κ1) is 22.4. The van der Waals surface area contributed by atoms with Crippen LogP contribution in [-0.4, -0.2) is 48.7 Å². The van der Waals surface area contributed by atoms with E-state index in [1.165, 1.54) is 16.4 Å². The molecule has 1 fully saturated rings. The Morgan fingerprint density at radius 3 is 2.63 bits per heavy atom. The topological polar surface area (TPSA) is 108 Å². The van der Waals surface area contributed by atoms with Gasteiger partial charge in [-0.25, -0.2) is 13.4 Å². The van der Waals surface area contributed by atoms with Crippen molar-refractivity contribution in [2.75, 3.05) is 18.4 Å². The average Bonchev–Trinajstić information content (AvgIpc) is 3.38. The van der Waals surface area contributed by atoms with Gasteiger partial charge in [-0.15, -0.1) is 11.3 Å². The number of thiazole rings is 1. The van der Waals surface area contributed by atoms with Crippen molar-refractivity contribution in [1.29, 1.82) is 0 Å². The number of nitrogens with zero attached hydrogens (tertiary/aromatic N) is 2. The third-order valence-electron chi connectivity index (χ3n) is 4.92. The summed E-state index contributed by atoms with van der Waals surface area (Å²) in [5.74, 6) is -0.426. The molecule has 10 heteroatoms. The maximum absolute atomic E-state index is 13.1. The standard InChI is InChI=1S/C20H26N4O4S2/c1-3-19(25)23-15-6-8-17(9-7-15)30(27,28)24-12-4-5-18(24)20(26)21-11-10-16-13-29-14(2)22-16/h6-9,13,18H,3-5,10-12H2,1-2H3,(H,21,26)(H,23,25)/t18-/m1/s1. The highest BCUT2D eigenvalue weighted by Gasteiger charge is 2.39. The number of aromatic nitrogens is 1. The van der Waals surface area contributed by atoms with Crippen molar-refractivity contribution in [2.24, 2.45) is 0 Å². The van der Waals surface area contributed by atoms with Crippen LogP contribution in [0.15, 0.2) is 34.5 Å². The summed E-state index contributed by atoms with van der Waals surface area (Å²) in [5, 5.41) is 8.47. The smallest absolute Gasteiger partial charge is 0.243 e. The number of aryl methyl sites for hydroxylation is 1. The number of nitrogens with one attached hydrogen (secondary N) is 2. The predicted octanol–water partition coefficient (Wildman–Crippen LogP) is 2.31. The van der Waals surface area contributed by atoms with Crippen LogP contribution in [0.4, 0.5) is 5.69 Å². The first-order valence-electron chi connectivity index (χ1n) is 9.91. The Labute approximate surface area is 180 Å². The lowest BCUT2D eigenvalue weighted by atomic mass is 10.2. The Morgan fingerprint density at radius 2 is 2.00 bits per heavy atom. The maximum Gasteiger partial charge on any atom is 0.243 e. The van der Waals surface area contributed by atoms with Gasteiger partial charge in [0.1, 0.15) is 6.04 Å². The molecule has 2 aromatic rings. The molecule has 2 heterocycles. The van der Waals surface area contributed by atoms with Crippen LogP contribution >= 0.6 is 11.3 Å². The summed E-state index contributed by atoms with van der Waals surface area (Å²) < 4.78 is 27.4. The molecule has 2 N–H and O–H groups in total. The zero-order valence-electron chi connectivity index (χ0n) is 17.1. The van der Waals surface area contributed by atoms with Gasteiger partial charge in [0.25, 0.3) is 0 Å². The fraction of sp³-hybridized carbons (Fsp3) is 0.450. The number of benzene rings is 1. The summed E-state index contributed by atoms with van der Waals surface area (Å²) in [6.07, 6.45) is 2.08. The van der Waals surface area contributed by atoms with Crippen molar-refractivity contribution in [3.8, 4) is 0 Å². The van der Waals surface area contributed by atoms with Gasteiger partial charge >= 0.3 is 0 Å². The van der Waals surface area contributed by atoms with Gasteiger partial charge in [-0.2, -0.15) is 4.31 Å². The molecule has 1 aromatic carbocycles. The second-order valence-corrected chi connectivity index (χ2v) is 10.1. The molecule has 1 atom stereocenters. The molecule has 2 amide bonds. The summed E-state index contributed by atoms with van der Waals surface area (Å²) >= 11 is 1.56. The number of carbonyl (C=O) groups excluding carboxylic acids is 2. The lowest BCUT2D eigenvalue weighted by molar-refractivity contribution is -0.124. The number of amides is 2. The molecule has 30 heavy (non-hydrogen) atoms. The van der Waals surface area contributed by atoms with Gasteiger partial charge in [0.15, 0.2) is 0 Å². The average molecular weight is 451 g/mol. The highest BCUT2D eigenvalue weighted by atomic mass is 32.2. The Hall–Kier alpha value is -2.30. The third kappa shape index (κ3) is 5.24. The number of hydrogen-bond donors (Lipinski definition) is 2. The van der Waals surface area contributed by atoms with Gasteiger partial charge in [0, 0.05) is 37.0 Å². The van der Waals surface area contributed by atoms with E-state index in [0.717, 1.165) is 10.7 Å². The first-order valence-corrected chi connectivity index (χ1v) is 12.2. The van der Waals surface area contributed by atoms with Crippen LogP contribution in [0, 0.1) is 6.92 Å². The minimum atomic E-state index is -3.81. The number of anilines is 1. The SMILES string of the molecule is CCC(=O)Nc1ccc(S(=O)(=O)N2CCC[C@@H]2C(=O)NCCc2csc(C)n2)cc1. The van der Waals surface area contributed by atoms with Crippen molar-refractivity contribution in [1.82, 2.24) is 14.6 Å². The number of rotatable bonds is 8. The Morgan fingerprint density at radius 1 is 1.27 bits per heavy atom. The van der Waals surface area contributed by atoms with E-state index in [1.54, 1.807) is 30.4 Å². The van der Waals surface area contributed by atoms with Crippen LogP contribution in [0.2, 0.25) is 0 Å². The summed E-state index contributed by atoms with van der Waals surface area (Å²) in [6, 6.07) is 5.31. The molecule has 0 bridgehead atoms. The van der Waals surface area contributed by atoms with Gasteiger partial charge in [0.05, 0.1) is 15.6 Å². The Bertz CT molecular complexity index is 1000. The molecule has 1 aliphatic heterocycles. The summed E-state index contributed by atoms with van der Waals surface area (Å²) in [7, 11) is -3.81. The Balaban J connectivity index is 1.64. The number of hydrogen-bond acceptors (Lipinski definition) is 6. The van der Waals surface area contributed by atoms with Gasteiger partial charge in [0.2, 0.25) is 21.8 Å². The molecule has 3 rings (SSSR count). The summed E-state index contributed by atoms with van der Waals surface area (Å²) in [5.41, 5.74) is 1.46. The highest BCUT2D eigenvalue weighted by molar-refractivity contribution is 7.89. The van der Waals surface area contributed by atoms with E-state index in [4.69, 9.17) is 0 Å².